The highest BCUT2D eigenvalue weighted by Crippen LogP contribution is 2.43. The van der Waals surface area contributed by atoms with Gasteiger partial charge in [0.1, 0.15) is 6.61 Å². The number of piperidine rings is 2. The maximum Gasteiger partial charge on any atom is 0.407 e. The van der Waals surface area contributed by atoms with Crippen LogP contribution in [0.1, 0.15) is 44.1 Å². The first-order valence-electron chi connectivity index (χ1n) is 8.49. The van der Waals surface area contributed by atoms with Gasteiger partial charge in [-0.3, -0.25) is 4.90 Å². The molecule has 1 amide bonds. The molecule has 0 aromatic heterocycles. The zero-order valence-electron chi connectivity index (χ0n) is 13.0. The van der Waals surface area contributed by atoms with Crippen molar-refractivity contribution in [1.29, 1.82) is 0 Å². The van der Waals surface area contributed by atoms with Crippen LogP contribution < -0.4 is 5.32 Å². The average Bonchev–Trinajstić information content (AvgIpc) is 3.39. The number of fused-ring (bicyclic) bond motifs is 3. The molecule has 118 valence electrons. The van der Waals surface area contributed by atoms with E-state index >= 15 is 0 Å². The summed E-state index contributed by atoms with van der Waals surface area (Å²) in [6.45, 7) is 1.36. The highest BCUT2D eigenvalue weighted by molar-refractivity contribution is 5.68. The van der Waals surface area contributed by atoms with Crippen LogP contribution in [0.4, 0.5) is 4.79 Å². The van der Waals surface area contributed by atoms with E-state index in [4.69, 9.17) is 4.74 Å². The van der Waals surface area contributed by atoms with Crippen LogP contribution in [0.2, 0.25) is 0 Å². The molecular formula is C18H24N2O2. The summed E-state index contributed by atoms with van der Waals surface area (Å²) in [5.74, 6) is 0. The van der Waals surface area contributed by atoms with E-state index in [2.05, 4.69) is 10.2 Å². The van der Waals surface area contributed by atoms with Gasteiger partial charge in [0.05, 0.1) is 5.54 Å². The van der Waals surface area contributed by atoms with Gasteiger partial charge >= 0.3 is 6.09 Å². The maximum absolute atomic E-state index is 12.2. The van der Waals surface area contributed by atoms with Gasteiger partial charge in [-0.2, -0.15) is 0 Å². The lowest BCUT2D eigenvalue weighted by Crippen LogP contribution is -2.65. The van der Waals surface area contributed by atoms with Crippen molar-refractivity contribution in [2.75, 3.05) is 6.54 Å². The van der Waals surface area contributed by atoms with Crippen LogP contribution >= 0.6 is 0 Å². The number of hydrogen-bond acceptors (Lipinski definition) is 3. The first-order chi connectivity index (χ1) is 10.7. The number of rotatable bonds is 4. The number of ether oxygens (including phenoxy) is 1. The SMILES string of the molecule is O=C(NC12CCC(CC1)N(C1CC1)C2)OCc1ccccc1. The molecule has 0 spiro atoms. The van der Waals surface area contributed by atoms with Crippen molar-refractivity contribution in [3.63, 3.8) is 0 Å². The fourth-order valence-electron chi connectivity index (χ4n) is 4.10. The van der Waals surface area contributed by atoms with Crippen LogP contribution in [0.3, 0.4) is 0 Å². The minimum atomic E-state index is -0.264. The number of carbonyl (C=O) groups is 1. The average molecular weight is 300 g/mol. The van der Waals surface area contributed by atoms with Gasteiger partial charge in [0.2, 0.25) is 0 Å². The molecule has 5 rings (SSSR count). The second kappa shape index (κ2) is 5.58. The Kier molecular flexibility index (Phi) is 3.57. The number of nitrogens with one attached hydrogen (secondary N) is 1. The predicted octanol–water partition coefficient (Wildman–Crippen LogP) is 3.07. The molecule has 2 aliphatic heterocycles. The molecule has 4 heteroatoms. The molecule has 2 aliphatic carbocycles. The second-order valence-corrected chi connectivity index (χ2v) is 7.10. The van der Waals surface area contributed by atoms with Gasteiger partial charge in [0, 0.05) is 18.6 Å². The normalized spacial score (nSPS) is 31.0. The summed E-state index contributed by atoms with van der Waals surface area (Å²) in [4.78, 5) is 14.8. The molecule has 4 fully saturated rings. The van der Waals surface area contributed by atoms with E-state index in [0.29, 0.717) is 6.61 Å². The van der Waals surface area contributed by atoms with E-state index in [1.807, 2.05) is 30.3 Å². The third-order valence-electron chi connectivity index (χ3n) is 5.46. The number of benzene rings is 1. The van der Waals surface area contributed by atoms with Gasteiger partial charge in [-0.05, 0) is 44.1 Å². The zero-order valence-corrected chi connectivity index (χ0v) is 13.0. The molecule has 2 saturated carbocycles. The number of alkyl carbamates (subject to hydrolysis) is 1. The summed E-state index contributed by atoms with van der Waals surface area (Å²) < 4.78 is 5.42. The molecule has 2 bridgehead atoms. The smallest absolute Gasteiger partial charge is 0.407 e. The Morgan fingerprint density at radius 3 is 2.50 bits per heavy atom. The molecule has 1 aromatic carbocycles. The summed E-state index contributed by atoms with van der Waals surface area (Å²) >= 11 is 0. The minimum absolute atomic E-state index is 0.0505. The first kappa shape index (κ1) is 14.1. The second-order valence-electron chi connectivity index (χ2n) is 7.10. The van der Waals surface area contributed by atoms with E-state index in [0.717, 1.165) is 37.0 Å². The van der Waals surface area contributed by atoms with E-state index in [9.17, 15) is 4.79 Å². The van der Waals surface area contributed by atoms with Crippen LogP contribution in [0.5, 0.6) is 0 Å². The molecule has 0 radical (unpaired) electrons. The third-order valence-corrected chi connectivity index (χ3v) is 5.46. The van der Waals surface area contributed by atoms with Crippen LogP contribution in [0, 0.1) is 0 Å². The topological polar surface area (TPSA) is 41.6 Å². The molecule has 4 aliphatic rings. The summed E-state index contributed by atoms with van der Waals surface area (Å²) in [5.41, 5.74) is 0.979. The number of nitrogens with zero attached hydrogens (tertiary/aromatic N) is 1. The number of amides is 1. The van der Waals surface area contributed by atoms with Gasteiger partial charge < -0.3 is 10.1 Å². The van der Waals surface area contributed by atoms with Crippen molar-refractivity contribution in [2.45, 2.75) is 62.8 Å². The molecule has 0 unspecified atom stereocenters. The van der Waals surface area contributed by atoms with E-state index in [1.54, 1.807) is 0 Å². The predicted molar refractivity (Wildman–Crippen MR) is 84.5 cm³/mol. The lowest BCUT2D eigenvalue weighted by molar-refractivity contribution is 0.00294. The summed E-state index contributed by atoms with van der Waals surface area (Å²) in [5, 5.41) is 3.20. The zero-order chi connectivity index (χ0) is 15.0. The van der Waals surface area contributed by atoms with Crippen molar-refractivity contribution in [3.05, 3.63) is 35.9 Å². The lowest BCUT2D eigenvalue weighted by atomic mass is 9.73. The Balaban J connectivity index is 1.34. The standard InChI is InChI=1S/C18H24N2O2/c21-17(22-12-14-4-2-1-3-5-14)19-18-10-8-16(9-11-18)20(13-18)15-6-7-15/h1-5,15-16H,6-13H2,(H,19,21). The fraction of sp³-hybridized carbons (Fsp3) is 0.611. The molecule has 22 heavy (non-hydrogen) atoms. The Hall–Kier alpha value is -1.55. The Bertz CT molecular complexity index is 533. The number of carbonyl (C=O) groups excluding carboxylic acids is 1. The number of hydrogen-bond donors (Lipinski definition) is 1. The van der Waals surface area contributed by atoms with Crippen LogP contribution in [-0.2, 0) is 11.3 Å². The maximum atomic E-state index is 12.2. The van der Waals surface area contributed by atoms with Crippen molar-refractivity contribution in [1.82, 2.24) is 10.2 Å². The Labute approximate surface area is 131 Å². The fourth-order valence-corrected chi connectivity index (χ4v) is 4.10. The summed E-state index contributed by atoms with van der Waals surface area (Å²) in [7, 11) is 0. The van der Waals surface area contributed by atoms with E-state index in [1.165, 1.54) is 25.7 Å². The largest absolute Gasteiger partial charge is 0.445 e. The summed E-state index contributed by atoms with van der Waals surface area (Å²) in [6, 6.07) is 11.4. The molecule has 0 atom stereocenters. The third kappa shape index (κ3) is 2.84. The minimum Gasteiger partial charge on any atom is -0.445 e. The highest BCUT2D eigenvalue weighted by atomic mass is 16.5. The van der Waals surface area contributed by atoms with Crippen molar-refractivity contribution in [2.24, 2.45) is 0 Å². The highest BCUT2D eigenvalue weighted by Gasteiger charge is 2.49. The molecule has 4 nitrogen and oxygen atoms in total. The van der Waals surface area contributed by atoms with Crippen LogP contribution in [0.25, 0.3) is 0 Å². The van der Waals surface area contributed by atoms with E-state index in [-0.39, 0.29) is 11.6 Å². The van der Waals surface area contributed by atoms with Gasteiger partial charge in [0.15, 0.2) is 0 Å². The monoisotopic (exact) mass is 300 g/mol. The molecule has 2 saturated heterocycles. The summed E-state index contributed by atoms with van der Waals surface area (Å²) in [6.07, 6.45) is 7.05. The van der Waals surface area contributed by atoms with Gasteiger partial charge in [-0.25, -0.2) is 4.79 Å². The molecule has 2 heterocycles. The van der Waals surface area contributed by atoms with E-state index < -0.39 is 0 Å². The molecular weight excluding hydrogens is 276 g/mol. The molecule has 1 aromatic rings. The van der Waals surface area contributed by atoms with Gasteiger partial charge in [-0.1, -0.05) is 30.3 Å². The van der Waals surface area contributed by atoms with Gasteiger partial charge in [-0.15, -0.1) is 0 Å². The Morgan fingerprint density at radius 2 is 1.82 bits per heavy atom. The lowest BCUT2D eigenvalue weighted by Gasteiger charge is -2.53. The Morgan fingerprint density at radius 1 is 1.14 bits per heavy atom. The van der Waals surface area contributed by atoms with Crippen molar-refractivity contribution in [3.8, 4) is 0 Å². The molecule has 1 N–H and O–H groups in total. The van der Waals surface area contributed by atoms with Gasteiger partial charge in [0.25, 0.3) is 0 Å². The van der Waals surface area contributed by atoms with Crippen molar-refractivity contribution >= 4 is 6.09 Å². The van der Waals surface area contributed by atoms with Crippen LogP contribution in [-0.4, -0.2) is 35.2 Å². The van der Waals surface area contributed by atoms with Crippen molar-refractivity contribution < 1.29 is 9.53 Å². The quantitative estimate of drug-likeness (QED) is 0.929. The van der Waals surface area contributed by atoms with Crippen LogP contribution in [0.15, 0.2) is 30.3 Å². The first-order valence-corrected chi connectivity index (χ1v) is 8.49.